The van der Waals surface area contributed by atoms with Crippen LogP contribution in [0.15, 0.2) is 36.4 Å². The van der Waals surface area contributed by atoms with Crippen molar-refractivity contribution >= 4 is 28.0 Å². The van der Waals surface area contributed by atoms with Crippen LogP contribution in [-0.4, -0.2) is 43.8 Å². The van der Waals surface area contributed by atoms with Crippen LogP contribution in [0.1, 0.15) is 48.0 Å². The van der Waals surface area contributed by atoms with Crippen molar-refractivity contribution in [3.63, 3.8) is 0 Å². The average molecular weight is 402 g/mol. The minimum absolute atomic E-state index is 0.198. The van der Waals surface area contributed by atoms with Gasteiger partial charge in [-0.15, -0.1) is 0 Å². The summed E-state index contributed by atoms with van der Waals surface area (Å²) in [5.41, 5.74) is 6.50. The fourth-order valence-corrected chi connectivity index (χ4v) is 4.62. The molecule has 1 amide bonds. The highest BCUT2D eigenvalue weighted by atomic mass is 16.2. The number of aromatic nitrogens is 4. The number of fused-ring (bicyclic) bond motifs is 2. The topological polar surface area (TPSA) is 77.7 Å². The van der Waals surface area contributed by atoms with Crippen molar-refractivity contribution in [3.05, 3.63) is 59.2 Å². The summed E-state index contributed by atoms with van der Waals surface area (Å²) in [7, 11) is 0. The molecule has 2 aromatic heterocycles. The lowest BCUT2D eigenvalue weighted by Crippen LogP contribution is -2.39. The second-order valence-corrected chi connectivity index (χ2v) is 8.48. The molecular formula is C24H27N5O. The van der Waals surface area contributed by atoms with Crippen LogP contribution >= 0.6 is 0 Å². The average Bonchev–Trinajstić information content (AvgIpc) is 3.36. The monoisotopic (exact) mass is 401 g/mol. The quantitative estimate of drug-likeness (QED) is 0.532. The first-order valence-corrected chi connectivity index (χ1v) is 10.7. The zero-order valence-electron chi connectivity index (χ0n) is 17.5. The number of rotatable bonds is 4. The van der Waals surface area contributed by atoms with E-state index < -0.39 is 0 Å². The van der Waals surface area contributed by atoms with Gasteiger partial charge in [0, 0.05) is 31.8 Å². The molecule has 6 heteroatoms. The van der Waals surface area contributed by atoms with Gasteiger partial charge in [0.05, 0.1) is 22.1 Å². The molecule has 1 aliphatic rings. The van der Waals surface area contributed by atoms with E-state index in [1.54, 1.807) is 0 Å². The number of imidazole rings is 2. The van der Waals surface area contributed by atoms with Gasteiger partial charge in [0.2, 0.25) is 5.91 Å². The van der Waals surface area contributed by atoms with E-state index in [1.807, 2.05) is 29.2 Å². The van der Waals surface area contributed by atoms with Crippen molar-refractivity contribution in [3.8, 4) is 0 Å². The molecule has 0 aliphatic carbocycles. The number of aryl methyl sites for hydroxylation is 3. The van der Waals surface area contributed by atoms with E-state index in [-0.39, 0.29) is 11.8 Å². The van der Waals surface area contributed by atoms with E-state index in [0.717, 1.165) is 59.6 Å². The van der Waals surface area contributed by atoms with Gasteiger partial charge in [0.1, 0.15) is 11.6 Å². The van der Waals surface area contributed by atoms with Gasteiger partial charge < -0.3 is 14.9 Å². The normalized spacial score (nSPS) is 17.1. The molecule has 0 saturated carbocycles. The fraction of sp³-hybridized carbons (Fsp3) is 0.375. The SMILES string of the molecule is Cc1cc(C)c2nc(CCC(=O)N3CCC[C@@H](c4nc5ccccc5[nH]4)C3)[nH]c2c1. The number of piperidine rings is 1. The highest BCUT2D eigenvalue weighted by Gasteiger charge is 2.26. The van der Waals surface area contributed by atoms with Crippen LogP contribution < -0.4 is 0 Å². The lowest BCUT2D eigenvalue weighted by Gasteiger charge is -2.32. The second-order valence-electron chi connectivity index (χ2n) is 8.48. The Morgan fingerprint density at radius 3 is 2.87 bits per heavy atom. The third kappa shape index (κ3) is 3.58. The highest BCUT2D eigenvalue weighted by Crippen LogP contribution is 2.27. The standard InChI is InChI=1S/C24H27N5O/c1-15-12-16(2)23-20(13-15)25-21(28-23)9-10-22(30)29-11-5-6-17(14-29)24-26-18-7-3-4-8-19(18)27-24/h3-4,7-8,12-13,17H,5-6,9-11,14H2,1-2H3,(H,25,28)(H,26,27)/t17-/m1/s1. The van der Waals surface area contributed by atoms with Crippen LogP contribution in [0.5, 0.6) is 0 Å². The third-order valence-corrected chi connectivity index (χ3v) is 6.11. The highest BCUT2D eigenvalue weighted by molar-refractivity contribution is 5.80. The molecule has 3 heterocycles. The molecule has 1 saturated heterocycles. The van der Waals surface area contributed by atoms with E-state index in [9.17, 15) is 4.79 Å². The Morgan fingerprint density at radius 1 is 1.13 bits per heavy atom. The maximum Gasteiger partial charge on any atom is 0.223 e. The summed E-state index contributed by atoms with van der Waals surface area (Å²) in [6, 6.07) is 12.4. The fourth-order valence-electron chi connectivity index (χ4n) is 4.62. The van der Waals surface area contributed by atoms with Gasteiger partial charge in [-0.3, -0.25) is 4.79 Å². The summed E-state index contributed by atoms with van der Waals surface area (Å²) >= 11 is 0. The summed E-state index contributed by atoms with van der Waals surface area (Å²) in [5, 5.41) is 0. The summed E-state index contributed by atoms with van der Waals surface area (Å²) in [5.74, 6) is 2.35. The molecule has 5 rings (SSSR count). The number of likely N-dealkylation sites (tertiary alicyclic amines) is 1. The predicted octanol–water partition coefficient (Wildman–Crippen LogP) is 4.39. The molecule has 2 N–H and O–H groups in total. The van der Waals surface area contributed by atoms with Crippen molar-refractivity contribution in [2.24, 2.45) is 0 Å². The summed E-state index contributed by atoms with van der Waals surface area (Å²) in [4.78, 5) is 31.2. The van der Waals surface area contributed by atoms with Crippen LogP contribution in [0.2, 0.25) is 0 Å². The van der Waals surface area contributed by atoms with E-state index >= 15 is 0 Å². The maximum absolute atomic E-state index is 12.9. The number of hydrogen-bond donors (Lipinski definition) is 2. The minimum Gasteiger partial charge on any atom is -0.342 e. The summed E-state index contributed by atoms with van der Waals surface area (Å²) in [6.07, 6.45) is 3.19. The largest absolute Gasteiger partial charge is 0.342 e. The van der Waals surface area contributed by atoms with Crippen molar-refractivity contribution in [2.45, 2.75) is 45.4 Å². The molecule has 2 aromatic carbocycles. The Morgan fingerprint density at radius 2 is 2.00 bits per heavy atom. The van der Waals surface area contributed by atoms with Gasteiger partial charge in [0.25, 0.3) is 0 Å². The first-order chi connectivity index (χ1) is 14.6. The molecule has 0 radical (unpaired) electrons. The first kappa shape index (κ1) is 18.9. The molecule has 30 heavy (non-hydrogen) atoms. The minimum atomic E-state index is 0.198. The number of aromatic amines is 2. The molecule has 1 fully saturated rings. The smallest absolute Gasteiger partial charge is 0.223 e. The van der Waals surface area contributed by atoms with Crippen LogP contribution in [0, 0.1) is 13.8 Å². The lowest BCUT2D eigenvalue weighted by molar-refractivity contribution is -0.132. The van der Waals surface area contributed by atoms with E-state index in [2.05, 4.69) is 35.9 Å². The van der Waals surface area contributed by atoms with Crippen molar-refractivity contribution in [1.82, 2.24) is 24.8 Å². The van der Waals surface area contributed by atoms with Gasteiger partial charge in [-0.1, -0.05) is 18.2 Å². The maximum atomic E-state index is 12.9. The van der Waals surface area contributed by atoms with Gasteiger partial charge in [-0.05, 0) is 56.0 Å². The van der Waals surface area contributed by atoms with Crippen molar-refractivity contribution in [2.75, 3.05) is 13.1 Å². The number of carbonyl (C=O) groups excluding carboxylic acids is 1. The van der Waals surface area contributed by atoms with Crippen LogP contribution in [0.25, 0.3) is 22.1 Å². The zero-order valence-corrected chi connectivity index (χ0v) is 17.5. The number of nitrogens with one attached hydrogen (secondary N) is 2. The number of amides is 1. The van der Waals surface area contributed by atoms with E-state index in [0.29, 0.717) is 12.8 Å². The number of benzene rings is 2. The first-order valence-electron chi connectivity index (χ1n) is 10.7. The van der Waals surface area contributed by atoms with Crippen molar-refractivity contribution in [1.29, 1.82) is 0 Å². The Bertz CT molecular complexity index is 1190. The van der Waals surface area contributed by atoms with Gasteiger partial charge in [-0.2, -0.15) is 0 Å². The van der Waals surface area contributed by atoms with Crippen LogP contribution in [-0.2, 0) is 11.2 Å². The Kier molecular flexibility index (Phi) is 4.77. The molecule has 154 valence electrons. The molecule has 1 atom stereocenters. The summed E-state index contributed by atoms with van der Waals surface area (Å²) < 4.78 is 0. The Hall–Kier alpha value is -3.15. The van der Waals surface area contributed by atoms with Gasteiger partial charge >= 0.3 is 0 Å². The van der Waals surface area contributed by atoms with Crippen molar-refractivity contribution < 1.29 is 4.79 Å². The molecule has 4 aromatic rings. The lowest BCUT2D eigenvalue weighted by atomic mass is 9.97. The van der Waals surface area contributed by atoms with Gasteiger partial charge in [0.15, 0.2) is 0 Å². The number of hydrogen-bond acceptors (Lipinski definition) is 3. The molecular weight excluding hydrogens is 374 g/mol. The second kappa shape index (κ2) is 7.59. The summed E-state index contributed by atoms with van der Waals surface area (Å²) in [6.45, 7) is 5.73. The molecule has 1 aliphatic heterocycles. The van der Waals surface area contributed by atoms with Crippen LogP contribution in [0.3, 0.4) is 0 Å². The Labute approximate surface area is 175 Å². The predicted molar refractivity (Wildman–Crippen MR) is 119 cm³/mol. The number of nitrogens with zero attached hydrogens (tertiary/aromatic N) is 3. The van der Waals surface area contributed by atoms with E-state index in [1.165, 1.54) is 11.1 Å². The molecule has 0 bridgehead atoms. The number of carbonyl (C=O) groups is 1. The molecule has 0 spiro atoms. The Balaban J connectivity index is 1.25. The van der Waals surface area contributed by atoms with Gasteiger partial charge in [-0.25, -0.2) is 9.97 Å². The number of H-pyrrole nitrogens is 2. The molecule has 6 nitrogen and oxygen atoms in total. The van der Waals surface area contributed by atoms with E-state index in [4.69, 9.17) is 9.97 Å². The number of para-hydroxylation sites is 2. The molecule has 0 unspecified atom stereocenters. The zero-order chi connectivity index (χ0) is 20.7. The third-order valence-electron chi connectivity index (χ3n) is 6.11. The van der Waals surface area contributed by atoms with Crippen LogP contribution in [0.4, 0.5) is 0 Å².